The molecule has 1 aromatic carbocycles. The Balaban J connectivity index is 1.96. The van der Waals surface area contributed by atoms with Crippen molar-refractivity contribution in [2.45, 2.75) is 6.42 Å². The van der Waals surface area contributed by atoms with Crippen molar-refractivity contribution >= 4 is 26.9 Å². The monoisotopic (exact) mass is 266 g/mol. The first kappa shape index (κ1) is 12.7. The molecular weight excluding hydrogens is 252 g/mol. The standard InChI is InChI=1S/C11H14N4O2S/c12-18(16,17)7-3-6-13-11-14-8-9-4-1-2-5-10(9)15-11/h1-2,4-5,8H,3,6-7H2,(H2,12,16,17)(H,13,14,15). The minimum Gasteiger partial charge on any atom is -0.354 e. The number of fused-ring (bicyclic) bond motifs is 1. The zero-order valence-electron chi connectivity index (χ0n) is 9.70. The van der Waals surface area contributed by atoms with Crippen molar-refractivity contribution in [1.29, 1.82) is 0 Å². The number of hydrogen-bond donors (Lipinski definition) is 2. The van der Waals surface area contributed by atoms with Crippen molar-refractivity contribution in [3.05, 3.63) is 30.5 Å². The Morgan fingerprint density at radius 2 is 2.06 bits per heavy atom. The molecule has 1 heterocycles. The van der Waals surface area contributed by atoms with Gasteiger partial charge in [0.25, 0.3) is 0 Å². The van der Waals surface area contributed by atoms with Gasteiger partial charge in [0.2, 0.25) is 16.0 Å². The summed E-state index contributed by atoms with van der Waals surface area (Å²) < 4.78 is 21.5. The molecule has 0 saturated heterocycles. The number of nitrogens with one attached hydrogen (secondary N) is 1. The number of benzene rings is 1. The third-order valence-electron chi connectivity index (χ3n) is 2.38. The minimum absolute atomic E-state index is 0.0480. The molecule has 6 nitrogen and oxygen atoms in total. The summed E-state index contributed by atoms with van der Waals surface area (Å²) in [6, 6.07) is 7.65. The first-order valence-electron chi connectivity index (χ1n) is 5.51. The van der Waals surface area contributed by atoms with Gasteiger partial charge in [0.15, 0.2) is 0 Å². The quantitative estimate of drug-likeness (QED) is 0.777. The lowest BCUT2D eigenvalue weighted by Crippen LogP contribution is -2.19. The third-order valence-corrected chi connectivity index (χ3v) is 3.24. The second-order valence-electron chi connectivity index (χ2n) is 3.90. The van der Waals surface area contributed by atoms with E-state index in [0.717, 1.165) is 10.9 Å². The topological polar surface area (TPSA) is 98.0 Å². The van der Waals surface area contributed by atoms with Crippen LogP contribution in [0.5, 0.6) is 0 Å². The van der Waals surface area contributed by atoms with E-state index in [1.54, 1.807) is 6.20 Å². The Labute approximate surface area is 105 Å². The molecular formula is C11H14N4O2S. The summed E-state index contributed by atoms with van der Waals surface area (Å²) in [7, 11) is -3.39. The number of rotatable bonds is 5. The van der Waals surface area contributed by atoms with Gasteiger partial charge in [0, 0.05) is 18.1 Å². The van der Waals surface area contributed by atoms with Gasteiger partial charge in [-0.2, -0.15) is 0 Å². The van der Waals surface area contributed by atoms with E-state index in [1.807, 2.05) is 24.3 Å². The lowest BCUT2D eigenvalue weighted by atomic mass is 10.2. The van der Waals surface area contributed by atoms with Crippen LogP contribution in [0.2, 0.25) is 0 Å². The van der Waals surface area contributed by atoms with Gasteiger partial charge in [-0.25, -0.2) is 23.5 Å². The van der Waals surface area contributed by atoms with Crippen LogP contribution in [0.25, 0.3) is 10.9 Å². The number of nitrogens with zero attached hydrogens (tertiary/aromatic N) is 2. The minimum atomic E-state index is -3.39. The fraction of sp³-hybridized carbons (Fsp3) is 0.273. The summed E-state index contributed by atoms with van der Waals surface area (Å²) in [4.78, 5) is 8.44. The van der Waals surface area contributed by atoms with E-state index in [-0.39, 0.29) is 5.75 Å². The van der Waals surface area contributed by atoms with E-state index in [4.69, 9.17) is 5.14 Å². The zero-order chi connectivity index (χ0) is 13.0. The van der Waals surface area contributed by atoms with Gasteiger partial charge < -0.3 is 5.32 Å². The molecule has 0 radical (unpaired) electrons. The molecule has 0 unspecified atom stereocenters. The van der Waals surface area contributed by atoms with Gasteiger partial charge in [0.1, 0.15) is 0 Å². The van der Waals surface area contributed by atoms with E-state index >= 15 is 0 Å². The van der Waals surface area contributed by atoms with Crippen LogP contribution in [-0.2, 0) is 10.0 Å². The van der Waals surface area contributed by atoms with E-state index in [1.165, 1.54) is 0 Å². The van der Waals surface area contributed by atoms with Gasteiger partial charge in [0.05, 0.1) is 11.3 Å². The molecule has 0 saturated carbocycles. The Bertz CT molecular complexity index is 642. The lowest BCUT2D eigenvalue weighted by molar-refractivity contribution is 0.595. The molecule has 2 rings (SSSR count). The number of nitrogens with two attached hydrogens (primary N) is 1. The molecule has 0 spiro atoms. The van der Waals surface area contributed by atoms with Gasteiger partial charge in [-0.3, -0.25) is 0 Å². The fourth-order valence-electron chi connectivity index (χ4n) is 1.53. The average molecular weight is 266 g/mol. The third kappa shape index (κ3) is 3.64. The van der Waals surface area contributed by atoms with Crippen molar-refractivity contribution in [2.75, 3.05) is 17.6 Å². The second kappa shape index (κ2) is 5.28. The Morgan fingerprint density at radius 1 is 1.28 bits per heavy atom. The van der Waals surface area contributed by atoms with Crippen LogP contribution < -0.4 is 10.5 Å². The average Bonchev–Trinajstić information content (AvgIpc) is 2.33. The van der Waals surface area contributed by atoms with Gasteiger partial charge in [-0.05, 0) is 12.5 Å². The number of sulfonamides is 1. The summed E-state index contributed by atoms with van der Waals surface area (Å²) >= 11 is 0. The Hall–Kier alpha value is -1.73. The second-order valence-corrected chi connectivity index (χ2v) is 5.63. The summed E-state index contributed by atoms with van der Waals surface area (Å²) in [6.07, 6.45) is 2.15. The largest absolute Gasteiger partial charge is 0.354 e. The summed E-state index contributed by atoms with van der Waals surface area (Å²) in [6.45, 7) is 0.467. The van der Waals surface area contributed by atoms with Crippen molar-refractivity contribution in [1.82, 2.24) is 9.97 Å². The predicted octanol–water partition coefficient (Wildman–Crippen LogP) is 0.720. The highest BCUT2D eigenvalue weighted by atomic mass is 32.2. The molecule has 1 aromatic heterocycles. The van der Waals surface area contributed by atoms with Crippen LogP contribution in [0.3, 0.4) is 0 Å². The van der Waals surface area contributed by atoms with E-state index in [0.29, 0.717) is 18.9 Å². The maximum Gasteiger partial charge on any atom is 0.223 e. The van der Waals surface area contributed by atoms with E-state index in [2.05, 4.69) is 15.3 Å². The molecule has 18 heavy (non-hydrogen) atoms. The first-order valence-corrected chi connectivity index (χ1v) is 7.22. The molecule has 0 atom stereocenters. The summed E-state index contributed by atoms with van der Waals surface area (Å²) in [5.41, 5.74) is 0.849. The predicted molar refractivity (Wildman–Crippen MR) is 70.6 cm³/mol. The Morgan fingerprint density at radius 3 is 2.83 bits per heavy atom. The summed E-state index contributed by atoms with van der Waals surface area (Å²) in [5.74, 6) is 0.441. The molecule has 2 aromatic rings. The van der Waals surface area contributed by atoms with Gasteiger partial charge in [-0.1, -0.05) is 18.2 Å². The highest BCUT2D eigenvalue weighted by molar-refractivity contribution is 7.89. The molecule has 0 aliphatic carbocycles. The SMILES string of the molecule is NS(=O)(=O)CCCNc1ncc2ccccc2n1. The molecule has 0 aliphatic heterocycles. The normalized spacial score (nSPS) is 11.6. The number of primary sulfonamides is 1. The molecule has 0 bridgehead atoms. The summed E-state index contributed by atoms with van der Waals surface area (Å²) in [5, 5.41) is 8.84. The van der Waals surface area contributed by atoms with E-state index < -0.39 is 10.0 Å². The van der Waals surface area contributed by atoms with E-state index in [9.17, 15) is 8.42 Å². The maximum absolute atomic E-state index is 10.7. The number of aromatic nitrogens is 2. The van der Waals surface area contributed by atoms with Gasteiger partial charge in [-0.15, -0.1) is 0 Å². The van der Waals surface area contributed by atoms with Crippen molar-refractivity contribution in [2.24, 2.45) is 5.14 Å². The van der Waals surface area contributed by atoms with Crippen LogP contribution in [-0.4, -0.2) is 30.7 Å². The number of anilines is 1. The molecule has 0 aliphatic rings. The van der Waals surface area contributed by atoms with Crippen LogP contribution in [0.15, 0.2) is 30.5 Å². The highest BCUT2D eigenvalue weighted by Crippen LogP contribution is 2.11. The van der Waals surface area contributed by atoms with Crippen molar-refractivity contribution in [3.8, 4) is 0 Å². The van der Waals surface area contributed by atoms with Crippen molar-refractivity contribution < 1.29 is 8.42 Å². The van der Waals surface area contributed by atoms with Gasteiger partial charge >= 0.3 is 0 Å². The Kier molecular flexibility index (Phi) is 3.73. The lowest BCUT2D eigenvalue weighted by Gasteiger charge is -2.04. The molecule has 0 amide bonds. The first-order chi connectivity index (χ1) is 8.54. The van der Waals surface area contributed by atoms with Crippen LogP contribution in [0, 0.1) is 0 Å². The fourth-order valence-corrected chi connectivity index (χ4v) is 2.08. The highest BCUT2D eigenvalue weighted by Gasteiger charge is 2.02. The van der Waals surface area contributed by atoms with Crippen LogP contribution in [0.1, 0.15) is 6.42 Å². The number of para-hydroxylation sites is 1. The molecule has 7 heteroatoms. The number of hydrogen-bond acceptors (Lipinski definition) is 5. The zero-order valence-corrected chi connectivity index (χ0v) is 10.5. The molecule has 96 valence electrons. The molecule has 0 fully saturated rings. The van der Waals surface area contributed by atoms with Crippen LogP contribution in [0.4, 0.5) is 5.95 Å². The molecule has 3 N–H and O–H groups in total. The smallest absolute Gasteiger partial charge is 0.223 e. The van der Waals surface area contributed by atoms with Crippen LogP contribution >= 0.6 is 0 Å². The maximum atomic E-state index is 10.7. The van der Waals surface area contributed by atoms with Crippen molar-refractivity contribution in [3.63, 3.8) is 0 Å².